The number of aryl methyl sites for hydroxylation is 1. The molecule has 2 rings (SSSR count). The van der Waals surface area contributed by atoms with Gasteiger partial charge in [-0.15, -0.1) is 0 Å². The largest absolute Gasteiger partial charge is 0.495 e. The lowest BCUT2D eigenvalue weighted by Crippen LogP contribution is -2.16. The van der Waals surface area contributed by atoms with Crippen molar-refractivity contribution in [2.75, 3.05) is 17.7 Å². The summed E-state index contributed by atoms with van der Waals surface area (Å²) < 4.78 is 5.27. The predicted molar refractivity (Wildman–Crippen MR) is 88.7 cm³/mol. The van der Waals surface area contributed by atoms with Gasteiger partial charge in [0.15, 0.2) is 0 Å². The average Bonchev–Trinajstić information content (AvgIpc) is 2.47. The Morgan fingerprint density at radius 1 is 1.23 bits per heavy atom. The Morgan fingerprint density at radius 3 is 2.68 bits per heavy atom. The first kappa shape index (κ1) is 15.8. The van der Waals surface area contributed by atoms with Gasteiger partial charge in [0.1, 0.15) is 11.4 Å². The van der Waals surface area contributed by atoms with Gasteiger partial charge in [-0.25, -0.2) is 0 Å². The Morgan fingerprint density at radius 2 is 2.00 bits per heavy atom. The normalized spacial score (nSPS) is 10.4. The Labute approximate surface area is 130 Å². The van der Waals surface area contributed by atoms with Crippen molar-refractivity contribution in [1.82, 2.24) is 4.98 Å². The van der Waals surface area contributed by atoms with Crippen LogP contribution in [0.25, 0.3) is 0 Å². The molecule has 0 saturated carbocycles. The van der Waals surface area contributed by atoms with Crippen LogP contribution in [0.4, 0.5) is 11.4 Å². The van der Waals surface area contributed by atoms with E-state index in [4.69, 9.17) is 4.74 Å². The maximum atomic E-state index is 12.4. The highest BCUT2D eigenvalue weighted by molar-refractivity contribution is 6.04. The number of anilines is 2. The Hall–Kier alpha value is -2.56. The molecule has 5 heteroatoms. The van der Waals surface area contributed by atoms with Gasteiger partial charge in [0.25, 0.3) is 5.91 Å². The number of methoxy groups -OCH3 is 1. The molecule has 0 unspecified atom stereocenters. The fourth-order valence-electron chi connectivity index (χ4n) is 2.08. The number of carbonyl (C=O) groups excluding carboxylic acids is 1. The number of rotatable bonds is 5. The Bertz CT molecular complexity index is 669. The fourth-order valence-corrected chi connectivity index (χ4v) is 2.08. The van der Waals surface area contributed by atoms with E-state index in [0.717, 1.165) is 11.3 Å². The third kappa shape index (κ3) is 3.97. The Kier molecular flexibility index (Phi) is 4.99. The highest BCUT2D eigenvalue weighted by atomic mass is 16.5. The summed E-state index contributed by atoms with van der Waals surface area (Å²) in [6.07, 6.45) is 1.62. The number of pyridine rings is 1. The van der Waals surface area contributed by atoms with E-state index in [1.165, 1.54) is 0 Å². The van der Waals surface area contributed by atoms with Crippen LogP contribution in [0.5, 0.6) is 5.75 Å². The number of ether oxygens (including phenoxy) is 1. The highest BCUT2D eigenvalue weighted by Gasteiger charge is 2.12. The zero-order valence-corrected chi connectivity index (χ0v) is 13.3. The van der Waals surface area contributed by atoms with Crippen molar-refractivity contribution in [2.45, 2.75) is 26.8 Å². The molecule has 5 nitrogen and oxygen atoms in total. The van der Waals surface area contributed by atoms with Crippen molar-refractivity contribution < 1.29 is 9.53 Å². The second-order valence-electron chi connectivity index (χ2n) is 5.39. The molecular weight excluding hydrogens is 278 g/mol. The van der Waals surface area contributed by atoms with Crippen LogP contribution in [0, 0.1) is 6.92 Å². The molecule has 2 aromatic rings. The molecule has 0 radical (unpaired) electrons. The minimum atomic E-state index is -0.267. The Balaban J connectivity index is 2.20. The molecule has 0 atom stereocenters. The summed E-state index contributed by atoms with van der Waals surface area (Å²) >= 11 is 0. The van der Waals surface area contributed by atoms with E-state index < -0.39 is 0 Å². The number of aromatic nitrogens is 1. The molecule has 1 heterocycles. The summed E-state index contributed by atoms with van der Waals surface area (Å²) in [6, 6.07) is 9.49. The van der Waals surface area contributed by atoms with Gasteiger partial charge in [-0.3, -0.25) is 9.78 Å². The van der Waals surface area contributed by atoms with Crippen molar-refractivity contribution in [2.24, 2.45) is 0 Å². The van der Waals surface area contributed by atoms with Crippen molar-refractivity contribution in [3.63, 3.8) is 0 Å². The van der Waals surface area contributed by atoms with Crippen LogP contribution >= 0.6 is 0 Å². The molecular formula is C17H21N3O2. The summed E-state index contributed by atoms with van der Waals surface area (Å²) in [5.41, 5.74) is 2.90. The number of hydrogen-bond donors (Lipinski definition) is 2. The van der Waals surface area contributed by atoms with Crippen LogP contribution in [-0.2, 0) is 0 Å². The van der Waals surface area contributed by atoms with Crippen molar-refractivity contribution in [3.05, 3.63) is 47.8 Å². The molecule has 2 N–H and O–H groups in total. The summed E-state index contributed by atoms with van der Waals surface area (Å²) in [4.78, 5) is 16.5. The van der Waals surface area contributed by atoms with E-state index >= 15 is 0 Å². The van der Waals surface area contributed by atoms with Crippen LogP contribution in [0.15, 0.2) is 36.5 Å². The minimum Gasteiger partial charge on any atom is -0.495 e. The van der Waals surface area contributed by atoms with E-state index in [2.05, 4.69) is 15.6 Å². The smallest absolute Gasteiger partial charge is 0.274 e. The molecule has 0 aliphatic heterocycles. The monoisotopic (exact) mass is 299 g/mol. The minimum absolute atomic E-state index is 0.267. The lowest BCUT2D eigenvalue weighted by Gasteiger charge is -2.12. The number of carbonyl (C=O) groups is 1. The number of nitrogens with one attached hydrogen (secondary N) is 2. The predicted octanol–water partition coefficient (Wildman–Crippen LogP) is 3.47. The molecule has 1 aromatic heterocycles. The molecule has 116 valence electrons. The third-order valence-corrected chi connectivity index (χ3v) is 3.05. The standard InChI is InChI=1S/C17H21N3O2/c1-11(2)19-13-7-8-18-15(10-13)17(21)20-14-9-12(3)5-6-16(14)22-4/h5-11H,1-4H3,(H,18,19)(H,20,21). The zero-order chi connectivity index (χ0) is 16.1. The second kappa shape index (κ2) is 6.93. The molecule has 0 aliphatic carbocycles. The van der Waals surface area contributed by atoms with Crippen molar-refractivity contribution >= 4 is 17.3 Å². The van der Waals surface area contributed by atoms with Gasteiger partial charge < -0.3 is 15.4 Å². The van der Waals surface area contributed by atoms with Crippen LogP contribution in [-0.4, -0.2) is 24.0 Å². The first-order valence-electron chi connectivity index (χ1n) is 7.18. The van der Waals surface area contributed by atoms with Crippen LogP contribution < -0.4 is 15.4 Å². The second-order valence-corrected chi connectivity index (χ2v) is 5.39. The first-order valence-corrected chi connectivity index (χ1v) is 7.18. The lowest BCUT2D eigenvalue weighted by molar-refractivity contribution is 0.102. The lowest BCUT2D eigenvalue weighted by atomic mass is 10.2. The number of benzene rings is 1. The maximum absolute atomic E-state index is 12.4. The molecule has 0 saturated heterocycles. The van der Waals surface area contributed by atoms with E-state index in [0.29, 0.717) is 17.1 Å². The summed E-state index contributed by atoms with van der Waals surface area (Å²) in [5.74, 6) is 0.353. The topological polar surface area (TPSA) is 63.2 Å². The molecule has 0 spiro atoms. The van der Waals surface area contributed by atoms with Crippen LogP contribution in [0.3, 0.4) is 0 Å². The molecule has 0 aliphatic rings. The summed E-state index contributed by atoms with van der Waals surface area (Å²) in [7, 11) is 1.58. The van der Waals surface area contributed by atoms with E-state index in [-0.39, 0.29) is 11.9 Å². The van der Waals surface area contributed by atoms with Gasteiger partial charge >= 0.3 is 0 Å². The molecule has 1 amide bonds. The summed E-state index contributed by atoms with van der Waals surface area (Å²) in [6.45, 7) is 6.04. The van der Waals surface area contributed by atoms with Crippen LogP contribution in [0.2, 0.25) is 0 Å². The van der Waals surface area contributed by atoms with Gasteiger partial charge in [0.2, 0.25) is 0 Å². The molecule has 1 aromatic carbocycles. The van der Waals surface area contributed by atoms with Crippen LogP contribution in [0.1, 0.15) is 29.9 Å². The SMILES string of the molecule is COc1ccc(C)cc1NC(=O)c1cc(NC(C)C)ccn1. The number of nitrogens with zero attached hydrogens (tertiary/aromatic N) is 1. The maximum Gasteiger partial charge on any atom is 0.274 e. The van der Waals surface area contributed by atoms with Gasteiger partial charge in [0.05, 0.1) is 12.8 Å². The van der Waals surface area contributed by atoms with Crippen molar-refractivity contribution in [1.29, 1.82) is 0 Å². The zero-order valence-electron chi connectivity index (χ0n) is 13.3. The summed E-state index contributed by atoms with van der Waals surface area (Å²) in [5, 5.41) is 6.10. The average molecular weight is 299 g/mol. The molecule has 0 fully saturated rings. The quantitative estimate of drug-likeness (QED) is 0.887. The van der Waals surface area contributed by atoms with E-state index in [1.807, 2.05) is 45.0 Å². The fraction of sp³-hybridized carbons (Fsp3) is 0.294. The van der Waals surface area contributed by atoms with Crippen molar-refractivity contribution in [3.8, 4) is 5.75 Å². The first-order chi connectivity index (χ1) is 10.5. The third-order valence-electron chi connectivity index (χ3n) is 3.05. The highest BCUT2D eigenvalue weighted by Crippen LogP contribution is 2.25. The number of hydrogen-bond acceptors (Lipinski definition) is 4. The van der Waals surface area contributed by atoms with Gasteiger partial charge in [0, 0.05) is 17.9 Å². The molecule has 22 heavy (non-hydrogen) atoms. The van der Waals surface area contributed by atoms with E-state index in [9.17, 15) is 4.79 Å². The van der Waals surface area contributed by atoms with E-state index in [1.54, 1.807) is 19.4 Å². The van der Waals surface area contributed by atoms with Gasteiger partial charge in [-0.1, -0.05) is 6.07 Å². The number of amides is 1. The molecule has 0 bridgehead atoms. The van der Waals surface area contributed by atoms with Gasteiger partial charge in [-0.2, -0.15) is 0 Å². The van der Waals surface area contributed by atoms with Gasteiger partial charge in [-0.05, 0) is 50.6 Å².